The number of aromatic nitrogens is 2. The van der Waals surface area contributed by atoms with Crippen molar-refractivity contribution in [3.05, 3.63) is 41.6 Å². The molecule has 6 nitrogen and oxygen atoms in total. The number of ether oxygens (including phenoxy) is 1. The van der Waals surface area contributed by atoms with Crippen LogP contribution in [0.15, 0.2) is 30.3 Å². The smallest absolute Gasteiger partial charge is 0.339 e. The molecule has 23 heavy (non-hydrogen) atoms. The van der Waals surface area contributed by atoms with Crippen LogP contribution in [0.25, 0.3) is 0 Å². The summed E-state index contributed by atoms with van der Waals surface area (Å²) in [5.41, 5.74) is 1.94. The maximum Gasteiger partial charge on any atom is 0.339 e. The van der Waals surface area contributed by atoms with E-state index in [1.165, 1.54) is 7.11 Å². The third kappa shape index (κ3) is 4.67. The van der Waals surface area contributed by atoms with Crippen LogP contribution in [0.1, 0.15) is 29.9 Å². The van der Waals surface area contributed by atoms with E-state index < -0.39 is 5.97 Å². The van der Waals surface area contributed by atoms with Gasteiger partial charge in [0.2, 0.25) is 5.95 Å². The number of hydrogen-bond acceptors (Lipinski definition) is 6. The van der Waals surface area contributed by atoms with Crippen molar-refractivity contribution < 1.29 is 9.53 Å². The van der Waals surface area contributed by atoms with Crippen LogP contribution in [0.5, 0.6) is 0 Å². The van der Waals surface area contributed by atoms with E-state index in [2.05, 4.69) is 34.4 Å². The van der Waals surface area contributed by atoms with Gasteiger partial charge in [-0.15, -0.1) is 0 Å². The van der Waals surface area contributed by atoms with Crippen LogP contribution in [0.2, 0.25) is 0 Å². The zero-order chi connectivity index (χ0) is 16.8. The van der Waals surface area contributed by atoms with Gasteiger partial charge in [-0.1, -0.05) is 26.0 Å². The van der Waals surface area contributed by atoms with E-state index in [0.717, 1.165) is 12.2 Å². The van der Waals surface area contributed by atoms with Gasteiger partial charge in [-0.05, 0) is 25.0 Å². The van der Waals surface area contributed by atoms with Gasteiger partial charge >= 0.3 is 5.97 Å². The molecule has 0 radical (unpaired) electrons. The van der Waals surface area contributed by atoms with Gasteiger partial charge in [0.15, 0.2) is 0 Å². The Hall–Kier alpha value is -2.63. The lowest BCUT2D eigenvalue weighted by Gasteiger charge is -2.13. The average molecular weight is 314 g/mol. The number of rotatable bonds is 6. The zero-order valence-electron chi connectivity index (χ0n) is 13.9. The van der Waals surface area contributed by atoms with Crippen LogP contribution in [0, 0.1) is 12.8 Å². The molecule has 1 heterocycles. The molecular weight excluding hydrogens is 292 g/mol. The van der Waals surface area contributed by atoms with E-state index in [1.54, 1.807) is 12.1 Å². The summed E-state index contributed by atoms with van der Waals surface area (Å²) in [7, 11) is 1.36. The Kier molecular flexibility index (Phi) is 5.51. The van der Waals surface area contributed by atoms with Gasteiger partial charge in [0, 0.05) is 18.3 Å². The number of nitrogens with zero attached hydrogens (tertiary/aromatic N) is 2. The summed E-state index contributed by atoms with van der Waals surface area (Å²) in [6.07, 6.45) is 0. The van der Waals surface area contributed by atoms with Crippen LogP contribution < -0.4 is 10.6 Å². The maximum absolute atomic E-state index is 11.8. The second kappa shape index (κ2) is 7.58. The number of methoxy groups -OCH3 is 1. The Morgan fingerprint density at radius 1 is 1.26 bits per heavy atom. The first kappa shape index (κ1) is 16.7. The van der Waals surface area contributed by atoms with Crippen molar-refractivity contribution in [3.8, 4) is 0 Å². The van der Waals surface area contributed by atoms with Gasteiger partial charge in [0.05, 0.1) is 18.4 Å². The Bertz CT molecular complexity index is 686. The van der Waals surface area contributed by atoms with Gasteiger partial charge in [-0.3, -0.25) is 0 Å². The molecule has 0 atom stereocenters. The van der Waals surface area contributed by atoms with Gasteiger partial charge in [-0.2, -0.15) is 4.98 Å². The van der Waals surface area contributed by atoms with Gasteiger partial charge < -0.3 is 15.4 Å². The van der Waals surface area contributed by atoms with E-state index in [1.807, 2.05) is 25.1 Å². The molecule has 0 spiro atoms. The first-order valence-electron chi connectivity index (χ1n) is 7.53. The fourth-order valence-electron chi connectivity index (χ4n) is 2.03. The molecule has 1 aromatic carbocycles. The van der Waals surface area contributed by atoms with E-state index >= 15 is 0 Å². The minimum Gasteiger partial charge on any atom is -0.465 e. The highest BCUT2D eigenvalue weighted by atomic mass is 16.5. The molecule has 1 aromatic heterocycles. The standard InChI is InChI=1S/C17H22N4O2/c1-11(2)10-18-17-19-12(3)9-15(21-17)20-14-8-6-5-7-13(14)16(22)23-4/h5-9,11H,10H2,1-4H3,(H2,18,19,20,21). The quantitative estimate of drug-likeness (QED) is 0.796. The Labute approximate surface area is 136 Å². The predicted octanol–water partition coefficient (Wildman–Crippen LogP) is 3.38. The number of nitrogens with one attached hydrogen (secondary N) is 2. The first-order valence-corrected chi connectivity index (χ1v) is 7.53. The summed E-state index contributed by atoms with van der Waals surface area (Å²) in [4.78, 5) is 20.6. The summed E-state index contributed by atoms with van der Waals surface area (Å²) in [6.45, 7) is 6.93. The van der Waals surface area contributed by atoms with Crippen molar-refractivity contribution >= 4 is 23.4 Å². The minimum atomic E-state index is -0.392. The van der Waals surface area contributed by atoms with Crippen LogP contribution in [-0.4, -0.2) is 29.6 Å². The normalized spacial score (nSPS) is 10.5. The molecule has 0 saturated heterocycles. The van der Waals surface area contributed by atoms with E-state index in [4.69, 9.17) is 4.74 Å². The van der Waals surface area contributed by atoms with Crippen LogP contribution >= 0.6 is 0 Å². The van der Waals surface area contributed by atoms with Crippen LogP contribution in [0.3, 0.4) is 0 Å². The van der Waals surface area contributed by atoms with E-state index in [0.29, 0.717) is 28.9 Å². The molecule has 0 saturated carbocycles. The molecule has 0 bridgehead atoms. The van der Waals surface area contributed by atoms with Crippen molar-refractivity contribution in [3.63, 3.8) is 0 Å². The number of carbonyl (C=O) groups excluding carboxylic acids is 1. The van der Waals surface area contributed by atoms with Crippen molar-refractivity contribution in [2.24, 2.45) is 5.92 Å². The zero-order valence-corrected chi connectivity index (χ0v) is 13.9. The Morgan fingerprint density at radius 2 is 2.00 bits per heavy atom. The highest BCUT2D eigenvalue weighted by Crippen LogP contribution is 2.21. The molecule has 2 rings (SSSR count). The van der Waals surface area contributed by atoms with Crippen molar-refractivity contribution in [2.45, 2.75) is 20.8 Å². The monoisotopic (exact) mass is 314 g/mol. The van der Waals surface area contributed by atoms with Crippen molar-refractivity contribution in [1.82, 2.24) is 9.97 Å². The average Bonchev–Trinajstić information content (AvgIpc) is 2.52. The maximum atomic E-state index is 11.8. The minimum absolute atomic E-state index is 0.392. The summed E-state index contributed by atoms with van der Waals surface area (Å²) >= 11 is 0. The van der Waals surface area contributed by atoms with Gasteiger partial charge in [0.25, 0.3) is 0 Å². The lowest BCUT2D eigenvalue weighted by molar-refractivity contribution is 0.0602. The molecule has 0 unspecified atom stereocenters. The summed E-state index contributed by atoms with van der Waals surface area (Å²) in [5.74, 6) is 1.30. The Balaban J connectivity index is 2.25. The fourth-order valence-corrected chi connectivity index (χ4v) is 2.03. The fraction of sp³-hybridized carbons (Fsp3) is 0.353. The lowest BCUT2D eigenvalue weighted by atomic mass is 10.2. The highest BCUT2D eigenvalue weighted by molar-refractivity contribution is 5.96. The molecule has 2 N–H and O–H groups in total. The van der Waals surface area contributed by atoms with Crippen LogP contribution in [0.4, 0.5) is 17.5 Å². The second-order valence-corrected chi connectivity index (χ2v) is 5.66. The molecule has 0 aliphatic carbocycles. The number of esters is 1. The number of anilines is 3. The third-order valence-corrected chi connectivity index (χ3v) is 3.12. The molecule has 0 aliphatic heterocycles. The van der Waals surface area contributed by atoms with E-state index in [9.17, 15) is 4.79 Å². The van der Waals surface area contributed by atoms with Crippen molar-refractivity contribution in [2.75, 3.05) is 24.3 Å². The number of benzene rings is 1. The SMILES string of the molecule is COC(=O)c1ccccc1Nc1cc(C)nc(NCC(C)C)n1. The summed E-state index contributed by atoms with van der Waals surface area (Å²) in [5, 5.41) is 6.37. The number of carbonyl (C=O) groups is 1. The first-order chi connectivity index (χ1) is 11.0. The predicted molar refractivity (Wildman–Crippen MR) is 91.2 cm³/mol. The summed E-state index contributed by atoms with van der Waals surface area (Å²) in [6, 6.07) is 8.98. The largest absolute Gasteiger partial charge is 0.465 e. The second-order valence-electron chi connectivity index (χ2n) is 5.66. The third-order valence-electron chi connectivity index (χ3n) is 3.12. The van der Waals surface area contributed by atoms with E-state index in [-0.39, 0.29) is 0 Å². The lowest BCUT2D eigenvalue weighted by Crippen LogP contribution is -2.12. The van der Waals surface area contributed by atoms with Gasteiger partial charge in [0.1, 0.15) is 5.82 Å². The molecular formula is C17H22N4O2. The molecule has 0 fully saturated rings. The molecule has 122 valence electrons. The van der Waals surface area contributed by atoms with Crippen molar-refractivity contribution in [1.29, 1.82) is 0 Å². The number of para-hydroxylation sites is 1. The molecule has 6 heteroatoms. The highest BCUT2D eigenvalue weighted by Gasteiger charge is 2.12. The summed E-state index contributed by atoms with van der Waals surface area (Å²) < 4.78 is 4.80. The number of hydrogen-bond donors (Lipinski definition) is 2. The Morgan fingerprint density at radius 3 is 2.70 bits per heavy atom. The van der Waals surface area contributed by atoms with Gasteiger partial charge in [-0.25, -0.2) is 9.78 Å². The molecule has 0 aliphatic rings. The molecule has 2 aromatic rings. The topological polar surface area (TPSA) is 76.1 Å². The molecule has 0 amide bonds. The van der Waals surface area contributed by atoms with Crippen LogP contribution in [-0.2, 0) is 4.74 Å². The number of aryl methyl sites for hydroxylation is 1.